The zero-order valence-corrected chi connectivity index (χ0v) is 19.5. The predicted octanol–water partition coefficient (Wildman–Crippen LogP) is 2.90. The molecule has 3 aromatic heterocycles. The number of pyridine rings is 2. The van der Waals surface area contributed by atoms with Gasteiger partial charge in [-0.05, 0) is 44.2 Å². The van der Waals surface area contributed by atoms with Gasteiger partial charge in [0.2, 0.25) is 5.95 Å². The number of nitriles is 1. The van der Waals surface area contributed by atoms with Crippen molar-refractivity contribution in [3.8, 4) is 17.3 Å². The van der Waals surface area contributed by atoms with Crippen molar-refractivity contribution in [1.29, 1.82) is 5.26 Å². The highest BCUT2D eigenvalue weighted by Gasteiger charge is 2.18. The Morgan fingerprint density at radius 3 is 2.53 bits per heavy atom. The van der Waals surface area contributed by atoms with E-state index in [1.54, 1.807) is 12.4 Å². The number of nitrogens with zero attached hydrogens (tertiary/aromatic N) is 8. The standard InChI is InChI=1S/C25H29N9/c1-32-10-12-33(13-11-32)18-22-5-4-21(17-28-22)30-25-27-7-6-23(31-25)20-14-19(15-26)24(29-16-20)34-8-2-3-9-34/h4-7,14,16-17H,2-3,8-13,18H2,1H3,(H,27,30,31). The second-order valence-electron chi connectivity index (χ2n) is 8.91. The third-order valence-electron chi connectivity index (χ3n) is 6.41. The Bertz CT molecular complexity index is 1160. The minimum absolute atomic E-state index is 0.480. The molecular formula is C25H29N9. The van der Waals surface area contributed by atoms with Crippen molar-refractivity contribution in [2.24, 2.45) is 0 Å². The van der Waals surface area contributed by atoms with Crippen LogP contribution in [0.25, 0.3) is 11.3 Å². The summed E-state index contributed by atoms with van der Waals surface area (Å²) >= 11 is 0. The second kappa shape index (κ2) is 10.1. The number of anilines is 3. The maximum atomic E-state index is 9.66. The highest BCUT2D eigenvalue weighted by Crippen LogP contribution is 2.26. The number of piperazine rings is 1. The molecule has 2 aliphatic rings. The Hall–Kier alpha value is -3.61. The first-order valence-corrected chi connectivity index (χ1v) is 11.8. The number of rotatable bonds is 6. The van der Waals surface area contributed by atoms with E-state index in [0.717, 1.165) is 81.4 Å². The monoisotopic (exact) mass is 455 g/mol. The fourth-order valence-electron chi connectivity index (χ4n) is 4.40. The minimum Gasteiger partial charge on any atom is -0.356 e. The van der Waals surface area contributed by atoms with Crippen molar-refractivity contribution in [2.75, 3.05) is 56.5 Å². The van der Waals surface area contributed by atoms with Gasteiger partial charge in [0.05, 0.1) is 28.8 Å². The Morgan fingerprint density at radius 2 is 1.79 bits per heavy atom. The molecule has 0 radical (unpaired) electrons. The molecule has 9 nitrogen and oxygen atoms in total. The highest BCUT2D eigenvalue weighted by molar-refractivity contribution is 5.67. The Balaban J connectivity index is 1.27. The van der Waals surface area contributed by atoms with E-state index in [9.17, 15) is 5.26 Å². The molecule has 5 heterocycles. The first kappa shape index (κ1) is 22.2. The number of hydrogen-bond donors (Lipinski definition) is 1. The van der Waals surface area contributed by atoms with Gasteiger partial charge in [-0.15, -0.1) is 0 Å². The van der Waals surface area contributed by atoms with Crippen molar-refractivity contribution in [2.45, 2.75) is 19.4 Å². The lowest BCUT2D eigenvalue weighted by molar-refractivity contribution is 0.147. The molecule has 0 bridgehead atoms. The molecule has 1 N–H and O–H groups in total. The van der Waals surface area contributed by atoms with Gasteiger partial charge in [0, 0.05) is 63.8 Å². The van der Waals surface area contributed by atoms with Gasteiger partial charge < -0.3 is 15.1 Å². The fourth-order valence-corrected chi connectivity index (χ4v) is 4.40. The summed E-state index contributed by atoms with van der Waals surface area (Å²) in [5.74, 6) is 1.24. The number of likely N-dealkylation sites (N-methyl/N-ethyl adjacent to an activating group) is 1. The summed E-state index contributed by atoms with van der Waals surface area (Å²) in [6, 6.07) is 10.0. The lowest BCUT2D eigenvalue weighted by atomic mass is 10.1. The van der Waals surface area contributed by atoms with Crippen LogP contribution < -0.4 is 10.2 Å². The smallest absolute Gasteiger partial charge is 0.227 e. The number of nitrogens with one attached hydrogen (secondary N) is 1. The topological polar surface area (TPSA) is 97.1 Å². The zero-order chi connectivity index (χ0) is 23.3. The number of hydrogen-bond acceptors (Lipinski definition) is 9. The molecule has 174 valence electrons. The van der Waals surface area contributed by atoms with Gasteiger partial charge in [-0.25, -0.2) is 15.0 Å². The van der Waals surface area contributed by atoms with E-state index in [2.05, 4.69) is 53.1 Å². The van der Waals surface area contributed by atoms with Crippen LogP contribution in [0.2, 0.25) is 0 Å². The molecule has 34 heavy (non-hydrogen) atoms. The Kier molecular flexibility index (Phi) is 6.60. The van der Waals surface area contributed by atoms with E-state index in [0.29, 0.717) is 17.2 Å². The van der Waals surface area contributed by atoms with Crippen LogP contribution in [0.15, 0.2) is 42.9 Å². The summed E-state index contributed by atoms with van der Waals surface area (Å²) in [7, 11) is 2.16. The van der Waals surface area contributed by atoms with Crippen LogP contribution in [0.1, 0.15) is 24.1 Å². The zero-order valence-electron chi connectivity index (χ0n) is 19.5. The van der Waals surface area contributed by atoms with Crippen LogP contribution in [0.4, 0.5) is 17.5 Å². The quantitative estimate of drug-likeness (QED) is 0.602. The lowest BCUT2D eigenvalue weighted by Gasteiger charge is -2.32. The molecule has 0 aliphatic carbocycles. The van der Waals surface area contributed by atoms with Crippen molar-refractivity contribution >= 4 is 17.5 Å². The minimum atomic E-state index is 0.480. The van der Waals surface area contributed by atoms with E-state index in [4.69, 9.17) is 0 Å². The summed E-state index contributed by atoms with van der Waals surface area (Å²) in [4.78, 5) is 25.2. The van der Waals surface area contributed by atoms with Crippen LogP contribution in [-0.2, 0) is 6.54 Å². The van der Waals surface area contributed by atoms with Gasteiger partial charge in [-0.1, -0.05) is 0 Å². The molecule has 0 aromatic carbocycles. The van der Waals surface area contributed by atoms with Crippen molar-refractivity contribution < 1.29 is 0 Å². The molecule has 0 amide bonds. The van der Waals surface area contributed by atoms with Crippen LogP contribution in [-0.4, -0.2) is 76.1 Å². The summed E-state index contributed by atoms with van der Waals surface area (Å²) in [6.07, 6.45) is 7.60. The summed E-state index contributed by atoms with van der Waals surface area (Å²) in [6.45, 7) is 7.09. The normalized spacial score (nSPS) is 17.0. The molecular weight excluding hydrogens is 426 g/mol. The average Bonchev–Trinajstić information content (AvgIpc) is 3.41. The molecule has 2 fully saturated rings. The Labute approximate surface area is 200 Å². The van der Waals surface area contributed by atoms with E-state index in [1.807, 2.05) is 30.5 Å². The van der Waals surface area contributed by atoms with Crippen LogP contribution in [0, 0.1) is 11.3 Å². The van der Waals surface area contributed by atoms with Crippen molar-refractivity contribution in [3.63, 3.8) is 0 Å². The largest absolute Gasteiger partial charge is 0.356 e. The molecule has 3 aromatic rings. The Morgan fingerprint density at radius 1 is 0.971 bits per heavy atom. The molecule has 2 aliphatic heterocycles. The maximum absolute atomic E-state index is 9.66. The van der Waals surface area contributed by atoms with Gasteiger partial charge in [0.1, 0.15) is 11.9 Å². The van der Waals surface area contributed by atoms with Gasteiger partial charge in [-0.3, -0.25) is 9.88 Å². The molecule has 0 saturated carbocycles. The van der Waals surface area contributed by atoms with Crippen molar-refractivity contribution in [1.82, 2.24) is 29.7 Å². The molecule has 2 saturated heterocycles. The maximum Gasteiger partial charge on any atom is 0.227 e. The van der Waals surface area contributed by atoms with Crippen LogP contribution >= 0.6 is 0 Å². The predicted molar refractivity (Wildman–Crippen MR) is 132 cm³/mol. The molecule has 5 rings (SSSR count). The average molecular weight is 456 g/mol. The van der Waals surface area contributed by atoms with E-state index in [-0.39, 0.29) is 0 Å². The van der Waals surface area contributed by atoms with Gasteiger partial charge in [-0.2, -0.15) is 5.26 Å². The third kappa shape index (κ3) is 5.14. The molecule has 9 heteroatoms. The van der Waals surface area contributed by atoms with E-state index < -0.39 is 0 Å². The lowest BCUT2D eigenvalue weighted by Crippen LogP contribution is -2.43. The third-order valence-corrected chi connectivity index (χ3v) is 6.41. The summed E-state index contributed by atoms with van der Waals surface area (Å²) in [5, 5.41) is 12.9. The van der Waals surface area contributed by atoms with Gasteiger partial charge >= 0.3 is 0 Å². The van der Waals surface area contributed by atoms with Crippen molar-refractivity contribution in [3.05, 3.63) is 54.1 Å². The van der Waals surface area contributed by atoms with Gasteiger partial charge in [0.15, 0.2) is 0 Å². The van der Waals surface area contributed by atoms with Crippen LogP contribution in [0.3, 0.4) is 0 Å². The number of aromatic nitrogens is 4. The second-order valence-corrected chi connectivity index (χ2v) is 8.91. The highest BCUT2D eigenvalue weighted by atomic mass is 15.2. The van der Waals surface area contributed by atoms with Crippen LogP contribution in [0.5, 0.6) is 0 Å². The molecule has 0 unspecified atom stereocenters. The van der Waals surface area contributed by atoms with E-state index in [1.165, 1.54) is 0 Å². The fraction of sp³-hybridized carbons (Fsp3) is 0.400. The SMILES string of the molecule is CN1CCN(Cc2ccc(Nc3nccc(-c4cnc(N5CCCC5)c(C#N)c4)n3)cn2)CC1. The molecule has 0 spiro atoms. The first-order chi connectivity index (χ1) is 16.7. The van der Waals surface area contributed by atoms with Gasteiger partial charge in [0.25, 0.3) is 0 Å². The first-order valence-electron chi connectivity index (χ1n) is 11.8. The summed E-state index contributed by atoms with van der Waals surface area (Å²) in [5.41, 5.74) is 3.98. The summed E-state index contributed by atoms with van der Waals surface area (Å²) < 4.78 is 0. The van der Waals surface area contributed by atoms with E-state index >= 15 is 0 Å². The molecule has 0 atom stereocenters.